The maximum Gasteiger partial charge on any atom is 0.305 e. The van der Waals surface area contributed by atoms with Crippen LogP contribution in [0.1, 0.15) is 35.2 Å². The minimum absolute atomic E-state index is 0.00192. The zero-order valence-corrected chi connectivity index (χ0v) is 11.9. The fraction of sp³-hybridized carbons (Fsp3) is 0.467. The minimum atomic E-state index is -0.978. The molecule has 3 N–H and O–H groups in total. The van der Waals surface area contributed by atoms with E-state index in [-0.39, 0.29) is 18.8 Å². The topological polar surface area (TPSA) is 95.9 Å². The number of carboxylic acids is 1. The van der Waals surface area contributed by atoms with E-state index >= 15 is 0 Å². The molecule has 1 aliphatic heterocycles. The Morgan fingerprint density at radius 1 is 1.43 bits per heavy atom. The number of aliphatic carboxylic acids is 1. The van der Waals surface area contributed by atoms with Crippen molar-refractivity contribution in [3.05, 3.63) is 29.3 Å². The summed E-state index contributed by atoms with van der Waals surface area (Å²) in [6.45, 7) is 2.51. The Morgan fingerprint density at radius 2 is 2.19 bits per heavy atom. The van der Waals surface area contributed by atoms with Crippen LogP contribution in [-0.2, 0) is 9.53 Å². The van der Waals surface area contributed by atoms with Crippen LogP contribution in [0.5, 0.6) is 5.75 Å². The van der Waals surface area contributed by atoms with E-state index in [1.165, 1.54) is 12.1 Å². The lowest BCUT2D eigenvalue weighted by Crippen LogP contribution is -2.55. The number of amides is 1. The van der Waals surface area contributed by atoms with Crippen molar-refractivity contribution in [1.29, 1.82) is 0 Å². The SMILES string of the molecule is Cc1ccc(O)cc1C(=O)NC1(CC(=O)O)CCCOC1. The summed E-state index contributed by atoms with van der Waals surface area (Å²) in [5.41, 5.74) is 0.164. The van der Waals surface area contributed by atoms with Gasteiger partial charge in [-0.3, -0.25) is 9.59 Å². The maximum absolute atomic E-state index is 12.4. The number of phenolic OH excluding ortho intramolecular Hbond substituents is 1. The van der Waals surface area contributed by atoms with Crippen LogP contribution < -0.4 is 5.32 Å². The lowest BCUT2D eigenvalue weighted by atomic mass is 9.88. The number of carbonyl (C=O) groups is 2. The molecule has 6 heteroatoms. The van der Waals surface area contributed by atoms with Crippen LogP contribution in [0.15, 0.2) is 18.2 Å². The number of phenols is 1. The van der Waals surface area contributed by atoms with Gasteiger partial charge in [-0.2, -0.15) is 0 Å². The van der Waals surface area contributed by atoms with Gasteiger partial charge in [0, 0.05) is 12.2 Å². The van der Waals surface area contributed by atoms with Crippen LogP contribution in [0.3, 0.4) is 0 Å². The van der Waals surface area contributed by atoms with E-state index < -0.39 is 17.4 Å². The summed E-state index contributed by atoms with van der Waals surface area (Å²) in [6.07, 6.45) is 1.08. The molecule has 114 valence electrons. The van der Waals surface area contributed by atoms with Crippen LogP contribution in [0.2, 0.25) is 0 Å². The molecule has 0 radical (unpaired) electrons. The van der Waals surface area contributed by atoms with Crippen LogP contribution in [0.4, 0.5) is 0 Å². The molecule has 1 aliphatic rings. The van der Waals surface area contributed by atoms with Gasteiger partial charge in [0.15, 0.2) is 0 Å². The molecule has 2 rings (SSSR count). The summed E-state index contributed by atoms with van der Waals surface area (Å²) in [4.78, 5) is 23.5. The smallest absolute Gasteiger partial charge is 0.305 e. The van der Waals surface area contributed by atoms with Gasteiger partial charge in [0.25, 0.3) is 5.91 Å². The van der Waals surface area contributed by atoms with E-state index in [0.29, 0.717) is 30.6 Å². The second-order valence-electron chi connectivity index (χ2n) is 5.46. The highest BCUT2D eigenvalue weighted by atomic mass is 16.5. The third-order valence-electron chi connectivity index (χ3n) is 3.66. The van der Waals surface area contributed by atoms with E-state index in [0.717, 1.165) is 0 Å². The zero-order chi connectivity index (χ0) is 15.5. The Kier molecular flexibility index (Phi) is 4.47. The van der Waals surface area contributed by atoms with Gasteiger partial charge in [-0.15, -0.1) is 0 Å². The summed E-state index contributed by atoms with van der Waals surface area (Å²) < 4.78 is 5.35. The molecule has 0 aliphatic carbocycles. The number of ether oxygens (including phenoxy) is 1. The quantitative estimate of drug-likeness (QED) is 0.781. The average Bonchev–Trinajstić information content (AvgIpc) is 2.41. The number of hydrogen-bond acceptors (Lipinski definition) is 4. The number of carbonyl (C=O) groups excluding carboxylic acids is 1. The highest BCUT2D eigenvalue weighted by Gasteiger charge is 2.37. The van der Waals surface area contributed by atoms with Crippen molar-refractivity contribution >= 4 is 11.9 Å². The minimum Gasteiger partial charge on any atom is -0.508 e. The number of aromatic hydroxyl groups is 1. The molecule has 0 spiro atoms. The monoisotopic (exact) mass is 293 g/mol. The maximum atomic E-state index is 12.4. The molecule has 1 unspecified atom stereocenters. The van der Waals surface area contributed by atoms with Crippen molar-refractivity contribution in [1.82, 2.24) is 5.32 Å². The fourth-order valence-corrected chi connectivity index (χ4v) is 2.59. The van der Waals surface area contributed by atoms with Gasteiger partial charge in [-0.05, 0) is 37.5 Å². The van der Waals surface area contributed by atoms with Crippen LogP contribution in [-0.4, -0.2) is 40.8 Å². The predicted molar refractivity (Wildman–Crippen MR) is 75.3 cm³/mol. The van der Waals surface area contributed by atoms with Crippen LogP contribution in [0, 0.1) is 6.92 Å². The third-order valence-corrected chi connectivity index (χ3v) is 3.66. The summed E-state index contributed by atoms with van der Waals surface area (Å²) in [7, 11) is 0. The summed E-state index contributed by atoms with van der Waals surface area (Å²) in [5.74, 6) is -1.37. The van der Waals surface area contributed by atoms with Crippen LogP contribution in [0.25, 0.3) is 0 Å². The van der Waals surface area contributed by atoms with Crippen molar-refractivity contribution < 1.29 is 24.5 Å². The highest BCUT2D eigenvalue weighted by molar-refractivity contribution is 5.96. The fourth-order valence-electron chi connectivity index (χ4n) is 2.59. The molecular formula is C15H19NO5. The van der Waals surface area contributed by atoms with Crippen molar-refractivity contribution in [3.63, 3.8) is 0 Å². The Balaban J connectivity index is 2.21. The Hall–Kier alpha value is -2.08. The standard InChI is InChI=1S/C15H19NO5/c1-10-3-4-11(17)7-12(10)14(20)16-15(8-13(18)19)5-2-6-21-9-15/h3-4,7,17H,2,5-6,8-9H2,1H3,(H,16,20)(H,18,19). The van der Waals surface area contributed by atoms with Crippen LogP contribution >= 0.6 is 0 Å². The molecule has 6 nitrogen and oxygen atoms in total. The second-order valence-corrected chi connectivity index (χ2v) is 5.46. The third kappa shape index (κ3) is 3.72. The molecule has 1 saturated heterocycles. The Morgan fingerprint density at radius 3 is 2.81 bits per heavy atom. The molecule has 0 aromatic heterocycles. The van der Waals surface area contributed by atoms with Crippen molar-refractivity contribution in [3.8, 4) is 5.75 Å². The van der Waals surface area contributed by atoms with E-state index in [1.807, 2.05) is 0 Å². The largest absolute Gasteiger partial charge is 0.508 e. The molecule has 1 fully saturated rings. The molecule has 1 heterocycles. The lowest BCUT2D eigenvalue weighted by molar-refractivity contribution is -0.140. The number of rotatable bonds is 4. The number of aryl methyl sites for hydroxylation is 1. The molecule has 1 aromatic rings. The van der Waals surface area contributed by atoms with Gasteiger partial charge in [0.1, 0.15) is 5.75 Å². The average molecular weight is 293 g/mol. The number of nitrogens with one attached hydrogen (secondary N) is 1. The molecule has 21 heavy (non-hydrogen) atoms. The summed E-state index contributed by atoms with van der Waals surface area (Å²) >= 11 is 0. The Labute approximate surface area is 122 Å². The van der Waals surface area contributed by atoms with Crippen molar-refractivity contribution in [2.45, 2.75) is 31.7 Å². The first-order valence-electron chi connectivity index (χ1n) is 6.84. The van der Waals surface area contributed by atoms with Gasteiger partial charge < -0.3 is 20.3 Å². The number of carboxylic acid groups (broad SMARTS) is 1. The molecular weight excluding hydrogens is 274 g/mol. The second kappa shape index (κ2) is 6.13. The lowest BCUT2D eigenvalue weighted by Gasteiger charge is -2.36. The summed E-state index contributed by atoms with van der Waals surface area (Å²) in [6, 6.07) is 4.52. The van der Waals surface area contributed by atoms with E-state index in [4.69, 9.17) is 9.84 Å². The van der Waals surface area contributed by atoms with Crippen molar-refractivity contribution in [2.24, 2.45) is 0 Å². The zero-order valence-electron chi connectivity index (χ0n) is 11.9. The van der Waals surface area contributed by atoms with E-state index in [9.17, 15) is 14.7 Å². The van der Waals surface area contributed by atoms with Gasteiger partial charge in [-0.1, -0.05) is 6.07 Å². The van der Waals surface area contributed by atoms with Gasteiger partial charge in [0.2, 0.25) is 0 Å². The normalized spacial score (nSPS) is 21.8. The van der Waals surface area contributed by atoms with Crippen molar-refractivity contribution in [2.75, 3.05) is 13.2 Å². The molecule has 0 bridgehead atoms. The first-order valence-corrected chi connectivity index (χ1v) is 6.84. The molecule has 1 aromatic carbocycles. The molecule has 1 atom stereocenters. The number of benzene rings is 1. The number of hydrogen-bond donors (Lipinski definition) is 3. The first kappa shape index (κ1) is 15.3. The predicted octanol–water partition coefficient (Wildman–Crippen LogP) is 1.45. The first-order chi connectivity index (χ1) is 9.92. The Bertz CT molecular complexity index is 549. The van der Waals surface area contributed by atoms with Gasteiger partial charge >= 0.3 is 5.97 Å². The molecule has 0 saturated carbocycles. The van der Waals surface area contributed by atoms with Gasteiger partial charge in [-0.25, -0.2) is 0 Å². The van der Waals surface area contributed by atoms with E-state index in [2.05, 4.69) is 5.32 Å². The summed E-state index contributed by atoms with van der Waals surface area (Å²) in [5, 5.41) is 21.4. The highest BCUT2D eigenvalue weighted by Crippen LogP contribution is 2.25. The molecule has 1 amide bonds. The van der Waals surface area contributed by atoms with E-state index in [1.54, 1.807) is 13.0 Å². The van der Waals surface area contributed by atoms with Gasteiger partial charge in [0.05, 0.1) is 18.6 Å².